The molecule has 0 saturated carbocycles. The van der Waals surface area contributed by atoms with Gasteiger partial charge in [-0.05, 0) is 18.6 Å². The fourth-order valence-electron chi connectivity index (χ4n) is 1.60. The Bertz CT molecular complexity index is 619. The van der Waals surface area contributed by atoms with Crippen LogP contribution >= 0.6 is 10.7 Å². The van der Waals surface area contributed by atoms with Crippen LogP contribution in [0, 0.1) is 11.6 Å². The molecule has 0 aliphatic rings. The Hall–Kier alpha value is -1.21. The summed E-state index contributed by atoms with van der Waals surface area (Å²) in [6.45, 7) is 2.27. The van der Waals surface area contributed by atoms with Crippen LogP contribution < -0.4 is 0 Å². The molecule has 0 saturated heterocycles. The van der Waals surface area contributed by atoms with Crippen LogP contribution in [-0.2, 0) is 9.05 Å². The second-order valence-electron chi connectivity index (χ2n) is 4.28. The van der Waals surface area contributed by atoms with Gasteiger partial charge in [-0.3, -0.25) is 4.79 Å². The number of unbranched alkanes of at least 4 members (excludes halogenated alkanes) is 1. The van der Waals surface area contributed by atoms with E-state index in [1.54, 1.807) is 0 Å². The van der Waals surface area contributed by atoms with Crippen LogP contribution in [0.1, 0.15) is 30.1 Å². The third-order valence-corrected chi connectivity index (χ3v) is 4.01. The van der Waals surface area contributed by atoms with Gasteiger partial charge in [0.2, 0.25) is 0 Å². The second-order valence-corrected chi connectivity index (χ2v) is 6.82. The van der Waals surface area contributed by atoms with Gasteiger partial charge in [-0.1, -0.05) is 13.3 Å². The predicted molar refractivity (Wildman–Crippen MR) is 71.3 cm³/mol. The van der Waals surface area contributed by atoms with Crippen molar-refractivity contribution in [2.24, 2.45) is 0 Å². The Labute approximate surface area is 120 Å². The number of hydrogen-bond donors (Lipinski definition) is 0. The van der Waals surface area contributed by atoms with Crippen LogP contribution in [0.25, 0.3) is 0 Å². The molecule has 0 atom stereocenters. The molecule has 0 aromatic heterocycles. The molecule has 1 rings (SSSR count). The summed E-state index contributed by atoms with van der Waals surface area (Å²) in [4.78, 5) is 12.1. The molecule has 112 valence electrons. The van der Waals surface area contributed by atoms with Crippen molar-refractivity contribution in [2.75, 3.05) is 13.6 Å². The molecule has 1 amide bonds. The minimum absolute atomic E-state index is 0.355. The molecule has 0 radical (unpaired) electrons. The van der Waals surface area contributed by atoms with Crippen molar-refractivity contribution in [3.05, 3.63) is 29.3 Å². The Balaban J connectivity index is 3.26. The van der Waals surface area contributed by atoms with Gasteiger partial charge in [-0.2, -0.15) is 0 Å². The maximum absolute atomic E-state index is 14.0. The van der Waals surface area contributed by atoms with Crippen molar-refractivity contribution in [3.63, 3.8) is 0 Å². The summed E-state index contributed by atoms with van der Waals surface area (Å²) in [7, 11) is 1.98. The largest absolute Gasteiger partial charge is 0.342 e. The van der Waals surface area contributed by atoms with Crippen molar-refractivity contribution in [2.45, 2.75) is 24.7 Å². The highest BCUT2D eigenvalue weighted by Gasteiger charge is 2.25. The molecule has 0 bridgehead atoms. The highest BCUT2D eigenvalue weighted by Crippen LogP contribution is 2.24. The van der Waals surface area contributed by atoms with Gasteiger partial charge in [0.1, 0.15) is 10.7 Å². The van der Waals surface area contributed by atoms with Crippen molar-refractivity contribution in [3.8, 4) is 0 Å². The van der Waals surface area contributed by atoms with E-state index < -0.39 is 37.1 Å². The quantitative estimate of drug-likeness (QED) is 0.782. The van der Waals surface area contributed by atoms with E-state index in [1.165, 1.54) is 11.9 Å². The van der Waals surface area contributed by atoms with Gasteiger partial charge in [0.25, 0.3) is 15.0 Å². The number of hydrogen-bond acceptors (Lipinski definition) is 3. The zero-order chi connectivity index (χ0) is 15.5. The average molecular weight is 326 g/mol. The standard InChI is InChI=1S/C12H14ClF2NO3S/c1-3-4-5-16(2)12(17)9-6-8(14)7-10(11(9)15)20(13,18)19/h6-7H,3-5H2,1-2H3. The Morgan fingerprint density at radius 3 is 2.45 bits per heavy atom. The number of rotatable bonds is 5. The number of carbonyl (C=O) groups excluding carboxylic acids is 1. The molecule has 20 heavy (non-hydrogen) atoms. The van der Waals surface area contributed by atoms with E-state index in [1.807, 2.05) is 6.92 Å². The molecule has 4 nitrogen and oxygen atoms in total. The normalized spacial score (nSPS) is 11.4. The van der Waals surface area contributed by atoms with Crippen LogP contribution in [0.15, 0.2) is 17.0 Å². The van der Waals surface area contributed by atoms with Crippen LogP contribution in [0.2, 0.25) is 0 Å². The highest BCUT2D eigenvalue weighted by molar-refractivity contribution is 8.13. The van der Waals surface area contributed by atoms with Crippen LogP contribution in [-0.4, -0.2) is 32.8 Å². The van der Waals surface area contributed by atoms with Gasteiger partial charge in [0.05, 0.1) is 5.56 Å². The fourth-order valence-corrected chi connectivity index (χ4v) is 2.51. The molecule has 0 fully saturated rings. The lowest BCUT2D eigenvalue weighted by Gasteiger charge is -2.17. The van der Waals surface area contributed by atoms with E-state index in [4.69, 9.17) is 10.7 Å². The molecular formula is C12H14ClF2NO3S. The molecule has 1 aromatic rings. The zero-order valence-corrected chi connectivity index (χ0v) is 12.6. The number of halogens is 3. The topological polar surface area (TPSA) is 54.5 Å². The Morgan fingerprint density at radius 1 is 1.35 bits per heavy atom. The van der Waals surface area contributed by atoms with E-state index in [0.717, 1.165) is 6.42 Å². The molecule has 0 unspecified atom stereocenters. The lowest BCUT2D eigenvalue weighted by atomic mass is 10.1. The number of benzene rings is 1. The summed E-state index contributed by atoms with van der Waals surface area (Å²) < 4.78 is 49.7. The van der Waals surface area contributed by atoms with E-state index in [9.17, 15) is 22.0 Å². The lowest BCUT2D eigenvalue weighted by Crippen LogP contribution is -2.29. The van der Waals surface area contributed by atoms with Crippen LogP contribution in [0.5, 0.6) is 0 Å². The first-order valence-electron chi connectivity index (χ1n) is 5.87. The molecular weight excluding hydrogens is 312 g/mol. The smallest absolute Gasteiger partial charge is 0.264 e. The summed E-state index contributed by atoms with van der Waals surface area (Å²) in [6, 6.07) is 1.10. The minimum Gasteiger partial charge on any atom is -0.342 e. The van der Waals surface area contributed by atoms with Gasteiger partial charge in [-0.25, -0.2) is 17.2 Å². The summed E-state index contributed by atoms with van der Waals surface area (Å²) >= 11 is 0. The van der Waals surface area contributed by atoms with Crippen LogP contribution in [0.3, 0.4) is 0 Å². The fraction of sp³-hybridized carbons (Fsp3) is 0.417. The summed E-state index contributed by atoms with van der Waals surface area (Å²) in [6.07, 6.45) is 1.52. The maximum Gasteiger partial charge on any atom is 0.264 e. The molecule has 1 aromatic carbocycles. The van der Waals surface area contributed by atoms with Crippen molar-refractivity contribution in [1.82, 2.24) is 4.90 Å². The first-order chi connectivity index (χ1) is 9.18. The van der Waals surface area contributed by atoms with Gasteiger partial charge < -0.3 is 4.90 Å². The number of carbonyl (C=O) groups is 1. The third kappa shape index (κ3) is 3.89. The third-order valence-electron chi connectivity index (χ3n) is 2.69. The van der Waals surface area contributed by atoms with E-state index in [-0.39, 0.29) is 0 Å². The average Bonchev–Trinajstić information content (AvgIpc) is 2.36. The minimum atomic E-state index is -4.47. The summed E-state index contributed by atoms with van der Waals surface area (Å²) in [5, 5.41) is 0. The maximum atomic E-state index is 14.0. The monoisotopic (exact) mass is 325 g/mol. The first kappa shape index (κ1) is 16.8. The van der Waals surface area contributed by atoms with Gasteiger partial charge in [0, 0.05) is 24.3 Å². The van der Waals surface area contributed by atoms with Crippen molar-refractivity contribution < 1.29 is 22.0 Å². The molecule has 0 heterocycles. The van der Waals surface area contributed by atoms with E-state index >= 15 is 0 Å². The molecule has 0 N–H and O–H groups in total. The molecule has 0 aliphatic heterocycles. The highest BCUT2D eigenvalue weighted by atomic mass is 35.7. The van der Waals surface area contributed by atoms with E-state index in [2.05, 4.69) is 0 Å². The number of amides is 1. The first-order valence-corrected chi connectivity index (χ1v) is 8.18. The molecule has 8 heteroatoms. The second kappa shape index (κ2) is 6.49. The van der Waals surface area contributed by atoms with Crippen molar-refractivity contribution in [1.29, 1.82) is 0 Å². The zero-order valence-electron chi connectivity index (χ0n) is 11.0. The van der Waals surface area contributed by atoms with E-state index in [0.29, 0.717) is 25.1 Å². The lowest BCUT2D eigenvalue weighted by molar-refractivity contribution is 0.0787. The Morgan fingerprint density at radius 2 is 1.95 bits per heavy atom. The summed E-state index contributed by atoms with van der Waals surface area (Å²) in [5.41, 5.74) is -0.650. The molecule has 0 spiro atoms. The summed E-state index contributed by atoms with van der Waals surface area (Å²) in [5.74, 6) is -3.18. The number of nitrogens with zero attached hydrogens (tertiary/aromatic N) is 1. The van der Waals surface area contributed by atoms with Gasteiger partial charge in [-0.15, -0.1) is 0 Å². The van der Waals surface area contributed by atoms with Gasteiger partial charge >= 0.3 is 0 Å². The van der Waals surface area contributed by atoms with Crippen molar-refractivity contribution >= 4 is 25.6 Å². The van der Waals surface area contributed by atoms with Crippen LogP contribution in [0.4, 0.5) is 8.78 Å². The predicted octanol–water partition coefficient (Wildman–Crippen LogP) is 2.76. The SMILES string of the molecule is CCCCN(C)C(=O)c1cc(F)cc(S(=O)(=O)Cl)c1F. The molecule has 0 aliphatic carbocycles. The Kier molecular flexibility index (Phi) is 5.47. The van der Waals surface area contributed by atoms with Gasteiger partial charge in [0.15, 0.2) is 5.82 Å².